The van der Waals surface area contributed by atoms with Crippen LogP contribution < -0.4 is 5.32 Å². The van der Waals surface area contributed by atoms with Crippen molar-refractivity contribution in [1.29, 1.82) is 0 Å². The molecule has 106 valence electrons. The van der Waals surface area contributed by atoms with Crippen molar-refractivity contribution in [2.24, 2.45) is 5.92 Å². The lowest BCUT2D eigenvalue weighted by atomic mass is 9.92. The van der Waals surface area contributed by atoms with Gasteiger partial charge in [-0.05, 0) is 44.7 Å². The Labute approximate surface area is 115 Å². The molecule has 1 aromatic rings. The van der Waals surface area contributed by atoms with Gasteiger partial charge in [0.15, 0.2) is 0 Å². The highest BCUT2D eigenvalue weighted by Crippen LogP contribution is 2.24. The minimum atomic E-state index is -0.303. The Hall–Kier alpha value is -1.42. The van der Waals surface area contributed by atoms with E-state index in [1.165, 1.54) is 0 Å². The van der Waals surface area contributed by atoms with Crippen LogP contribution in [-0.4, -0.2) is 17.5 Å². The number of nitro benzene ring substituents is 1. The Bertz CT molecular complexity index is 432. The number of nitrogens with zero attached hydrogens (tertiary/aromatic N) is 1. The first-order chi connectivity index (χ1) is 8.97. The molecule has 0 spiro atoms. The van der Waals surface area contributed by atoms with Gasteiger partial charge in [-0.25, -0.2) is 0 Å². The zero-order chi connectivity index (χ0) is 14.4. The van der Waals surface area contributed by atoms with E-state index in [-0.39, 0.29) is 10.6 Å². The van der Waals surface area contributed by atoms with Gasteiger partial charge in [-0.1, -0.05) is 26.0 Å². The second-order valence-electron chi connectivity index (χ2n) is 5.24. The standard InChI is InChI=1S/C15H24N2O2/c1-5-9-16-13(4)11(2)10-14-7-6-8-15(12(14)3)17(18)19/h6-8,11,13,16H,5,9-10H2,1-4H3. The van der Waals surface area contributed by atoms with E-state index < -0.39 is 0 Å². The number of benzene rings is 1. The van der Waals surface area contributed by atoms with Gasteiger partial charge in [0.25, 0.3) is 5.69 Å². The van der Waals surface area contributed by atoms with Crippen molar-refractivity contribution < 1.29 is 4.92 Å². The molecule has 0 aliphatic heterocycles. The van der Waals surface area contributed by atoms with Gasteiger partial charge in [0.05, 0.1) is 4.92 Å². The number of hydrogen-bond acceptors (Lipinski definition) is 3. The molecule has 1 aromatic carbocycles. The summed E-state index contributed by atoms with van der Waals surface area (Å²) in [6, 6.07) is 5.75. The highest BCUT2D eigenvalue weighted by Gasteiger charge is 2.17. The van der Waals surface area contributed by atoms with Gasteiger partial charge in [-0.2, -0.15) is 0 Å². The first kappa shape index (κ1) is 15.6. The molecule has 0 saturated heterocycles. The fraction of sp³-hybridized carbons (Fsp3) is 0.600. The average Bonchev–Trinajstić information content (AvgIpc) is 2.37. The van der Waals surface area contributed by atoms with Crippen molar-refractivity contribution in [1.82, 2.24) is 5.32 Å². The van der Waals surface area contributed by atoms with Crippen molar-refractivity contribution in [2.75, 3.05) is 6.54 Å². The monoisotopic (exact) mass is 264 g/mol. The second-order valence-corrected chi connectivity index (χ2v) is 5.24. The molecule has 4 heteroatoms. The molecule has 1 rings (SSSR count). The number of rotatable bonds is 7. The van der Waals surface area contributed by atoms with E-state index in [9.17, 15) is 10.1 Å². The zero-order valence-corrected chi connectivity index (χ0v) is 12.3. The van der Waals surface area contributed by atoms with E-state index in [0.717, 1.165) is 30.5 Å². The van der Waals surface area contributed by atoms with Crippen molar-refractivity contribution >= 4 is 5.69 Å². The SMILES string of the molecule is CCCNC(C)C(C)Cc1cccc([N+](=O)[O-])c1C. The first-order valence-electron chi connectivity index (χ1n) is 6.93. The Morgan fingerprint density at radius 3 is 2.63 bits per heavy atom. The zero-order valence-electron chi connectivity index (χ0n) is 12.3. The maximum atomic E-state index is 10.9. The molecule has 2 atom stereocenters. The van der Waals surface area contributed by atoms with E-state index in [1.54, 1.807) is 12.1 Å². The quantitative estimate of drug-likeness (QED) is 0.606. The summed E-state index contributed by atoms with van der Waals surface area (Å²) in [4.78, 5) is 10.6. The molecule has 2 unspecified atom stereocenters. The van der Waals surface area contributed by atoms with Gasteiger partial charge < -0.3 is 5.32 Å². The van der Waals surface area contributed by atoms with Gasteiger partial charge in [-0.3, -0.25) is 10.1 Å². The minimum absolute atomic E-state index is 0.221. The predicted octanol–water partition coefficient (Wildman–Crippen LogP) is 3.47. The summed E-state index contributed by atoms with van der Waals surface area (Å²) in [5.41, 5.74) is 2.09. The predicted molar refractivity (Wildman–Crippen MR) is 78.5 cm³/mol. The summed E-state index contributed by atoms with van der Waals surface area (Å²) in [6.45, 7) is 9.36. The molecule has 0 fully saturated rings. The molecule has 0 bridgehead atoms. The fourth-order valence-corrected chi connectivity index (χ4v) is 2.19. The third-order valence-corrected chi connectivity index (χ3v) is 3.73. The normalized spacial score (nSPS) is 14.1. The van der Waals surface area contributed by atoms with Crippen LogP contribution in [0.15, 0.2) is 18.2 Å². The molecule has 0 aliphatic rings. The molecule has 0 aliphatic carbocycles. The van der Waals surface area contributed by atoms with Crippen molar-refractivity contribution in [3.63, 3.8) is 0 Å². The molecular formula is C15H24N2O2. The summed E-state index contributed by atoms with van der Waals surface area (Å²) < 4.78 is 0. The maximum Gasteiger partial charge on any atom is 0.272 e. The third kappa shape index (κ3) is 4.31. The van der Waals surface area contributed by atoms with Crippen LogP contribution in [0.5, 0.6) is 0 Å². The molecule has 19 heavy (non-hydrogen) atoms. The van der Waals surface area contributed by atoms with Crippen molar-refractivity contribution in [2.45, 2.75) is 46.6 Å². The summed E-state index contributed by atoms with van der Waals surface area (Å²) in [6.07, 6.45) is 1.98. The largest absolute Gasteiger partial charge is 0.314 e. The Morgan fingerprint density at radius 2 is 2.05 bits per heavy atom. The summed E-state index contributed by atoms with van der Waals surface area (Å²) >= 11 is 0. The Morgan fingerprint density at radius 1 is 1.37 bits per heavy atom. The molecule has 4 nitrogen and oxygen atoms in total. The molecule has 0 saturated carbocycles. The molecule has 0 heterocycles. The van der Waals surface area contributed by atoms with Gasteiger partial charge >= 0.3 is 0 Å². The van der Waals surface area contributed by atoms with Gasteiger partial charge in [0.1, 0.15) is 0 Å². The highest BCUT2D eigenvalue weighted by atomic mass is 16.6. The first-order valence-corrected chi connectivity index (χ1v) is 6.93. The van der Waals surface area contributed by atoms with Crippen LogP contribution in [0.2, 0.25) is 0 Å². The topological polar surface area (TPSA) is 55.2 Å². The van der Waals surface area contributed by atoms with Crippen LogP contribution in [-0.2, 0) is 6.42 Å². The van der Waals surface area contributed by atoms with Gasteiger partial charge in [0, 0.05) is 17.7 Å². The van der Waals surface area contributed by atoms with Gasteiger partial charge in [0.2, 0.25) is 0 Å². The van der Waals surface area contributed by atoms with Crippen molar-refractivity contribution in [3.05, 3.63) is 39.4 Å². The summed E-state index contributed by atoms with van der Waals surface area (Å²) in [5.74, 6) is 0.451. The lowest BCUT2D eigenvalue weighted by Crippen LogP contribution is -2.33. The van der Waals surface area contributed by atoms with E-state index in [2.05, 4.69) is 26.1 Å². The highest BCUT2D eigenvalue weighted by molar-refractivity contribution is 5.44. The van der Waals surface area contributed by atoms with E-state index in [1.807, 2.05) is 13.0 Å². The van der Waals surface area contributed by atoms with Crippen molar-refractivity contribution in [3.8, 4) is 0 Å². The fourth-order valence-electron chi connectivity index (χ4n) is 2.19. The Kier molecular flexibility index (Phi) is 5.96. The molecule has 0 radical (unpaired) electrons. The van der Waals surface area contributed by atoms with Crippen LogP contribution >= 0.6 is 0 Å². The smallest absolute Gasteiger partial charge is 0.272 e. The second kappa shape index (κ2) is 7.24. The van der Waals surface area contributed by atoms with Crippen LogP contribution in [0.1, 0.15) is 38.3 Å². The molecular weight excluding hydrogens is 240 g/mol. The van der Waals surface area contributed by atoms with Crippen LogP contribution in [0.4, 0.5) is 5.69 Å². The molecule has 0 amide bonds. The number of nitrogens with one attached hydrogen (secondary N) is 1. The van der Waals surface area contributed by atoms with Gasteiger partial charge in [-0.15, -0.1) is 0 Å². The average molecular weight is 264 g/mol. The molecule has 0 aromatic heterocycles. The van der Waals surface area contributed by atoms with E-state index in [4.69, 9.17) is 0 Å². The summed E-state index contributed by atoms with van der Waals surface area (Å²) in [7, 11) is 0. The number of hydrogen-bond donors (Lipinski definition) is 1. The lowest BCUT2D eigenvalue weighted by molar-refractivity contribution is -0.385. The summed E-state index contributed by atoms with van der Waals surface area (Å²) in [5, 5.41) is 14.4. The van der Waals surface area contributed by atoms with Crippen LogP contribution in [0, 0.1) is 23.0 Å². The third-order valence-electron chi connectivity index (χ3n) is 3.73. The van der Waals surface area contributed by atoms with Crippen LogP contribution in [0.3, 0.4) is 0 Å². The maximum absolute atomic E-state index is 10.9. The molecule has 1 N–H and O–H groups in total. The van der Waals surface area contributed by atoms with E-state index in [0.29, 0.717) is 12.0 Å². The van der Waals surface area contributed by atoms with Crippen LogP contribution in [0.25, 0.3) is 0 Å². The minimum Gasteiger partial charge on any atom is -0.314 e. The lowest BCUT2D eigenvalue weighted by Gasteiger charge is -2.22. The number of nitro groups is 1. The van der Waals surface area contributed by atoms with E-state index >= 15 is 0 Å². The Balaban J connectivity index is 2.76.